The zero-order chi connectivity index (χ0) is 16.3. The number of carbonyl (C=O) groups is 1. The van der Waals surface area contributed by atoms with E-state index in [9.17, 15) is 4.79 Å². The second-order valence-corrected chi connectivity index (χ2v) is 7.59. The van der Waals surface area contributed by atoms with Crippen molar-refractivity contribution in [3.8, 4) is 0 Å². The number of benzene rings is 1. The van der Waals surface area contributed by atoms with E-state index in [1.807, 2.05) is 58.0 Å². The Morgan fingerprint density at radius 2 is 2.00 bits per heavy atom. The molecule has 5 heteroatoms. The number of nitrogens with zero attached hydrogens (tertiary/aromatic N) is 1. The third-order valence-electron chi connectivity index (χ3n) is 3.60. The minimum atomic E-state index is -0.264. The molecule has 1 aliphatic heterocycles. The first kappa shape index (κ1) is 17.4. The van der Waals surface area contributed by atoms with Crippen molar-refractivity contribution in [2.24, 2.45) is 5.41 Å². The van der Waals surface area contributed by atoms with Gasteiger partial charge in [-0.3, -0.25) is 4.79 Å². The highest BCUT2D eigenvalue weighted by molar-refractivity contribution is 9.10. The average molecular weight is 370 g/mol. The summed E-state index contributed by atoms with van der Waals surface area (Å²) >= 11 is 3.56. The van der Waals surface area contributed by atoms with E-state index in [1.54, 1.807) is 4.90 Å². The number of para-hydroxylation sites is 1. The van der Waals surface area contributed by atoms with Crippen molar-refractivity contribution in [3.63, 3.8) is 0 Å². The maximum absolute atomic E-state index is 12.9. The molecule has 1 amide bonds. The fraction of sp³-hybridized carbons (Fsp3) is 0.588. The Kier molecular flexibility index (Phi) is 5.64. The molecule has 122 valence electrons. The summed E-state index contributed by atoms with van der Waals surface area (Å²) in [6, 6.07) is 9.70. The van der Waals surface area contributed by atoms with Crippen LogP contribution in [0.4, 0.5) is 5.69 Å². The van der Waals surface area contributed by atoms with Gasteiger partial charge in [-0.25, -0.2) is 0 Å². The summed E-state index contributed by atoms with van der Waals surface area (Å²) in [6.07, 6.45) is -0.307. The lowest BCUT2D eigenvalue weighted by atomic mass is 9.91. The van der Waals surface area contributed by atoms with Crippen molar-refractivity contribution in [1.82, 2.24) is 0 Å². The van der Waals surface area contributed by atoms with Gasteiger partial charge in [0.2, 0.25) is 5.91 Å². The van der Waals surface area contributed by atoms with E-state index >= 15 is 0 Å². The molecule has 0 saturated carbocycles. The molecule has 0 radical (unpaired) electrons. The summed E-state index contributed by atoms with van der Waals surface area (Å²) in [6.45, 7) is 9.02. The van der Waals surface area contributed by atoms with Crippen LogP contribution in [0.25, 0.3) is 0 Å². The summed E-state index contributed by atoms with van der Waals surface area (Å²) in [5, 5.41) is 0. The van der Waals surface area contributed by atoms with Crippen LogP contribution in [0.3, 0.4) is 0 Å². The molecule has 4 nitrogen and oxygen atoms in total. The molecular formula is C17H24BrNO3. The van der Waals surface area contributed by atoms with Gasteiger partial charge in [-0.1, -0.05) is 54.9 Å². The topological polar surface area (TPSA) is 38.8 Å². The van der Waals surface area contributed by atoms with Gasteiger partial charge in [0, 0.05) is 5.69 Å². The number of halogens is 1. The van der Waals surface area contributed by atoms with E-state index in [1.165, 1.54) is 0 Å². The minimum absolute atomic E-state index is 0.0434. The Bertz CT molecular complexity index is 500. The molecule has 0 aliphatic carbocycles. The number of hydrogen-bond acceptors (Lipinski definition) is 3. The van der Waals surface area contributed by atoms with Crippen molar-refractivity contribution in [3.05, 3.63) is 30.3 Å². The number of ether oxygens (including phenoxy) is 2. The number of carbonyl (C=O) groups excluding carboxylic acids is 1. The zero-order valence-electron chi connectivity index (χ0n) is 13.6. The summed E-state index contributed by atoms with van der Waals surface area (Å²) in [5.74, 6) is 0.0434. The highest BCUT2D eigenvalue weighted by Gasteiger charge is 2.35. The molecule has 0 N–H and O–H groups in total. The first-order valence-corrected chi connectivity index (χ1v) is 8.48. The van der Waals surface area contributed by atoms with E-state index in [0.29, 0.717) is 13.2 Å². The van der Waals surface area contributed by atoms with E-state index in [0.717, 1.165) is 5.69 Å². The number of anilines is 1. The summed E-state index contributed by atoms with van der Waals surface area (Å²) in [5.41, 5.74) is 0.717. The van der Waals surface area contributed by atoms with Gasteiger partial charge in [0.25, 0.3) is 0 Å². The highest BCUT2D eigenvalue weighted by atomic mass is 79.9. The third kappa shape index (κ3) is 4.31. The molecule has 1 heterocycles. The lowest BCUT2D eigenvalue weighted by Crippen LogP contribution is -2.46. The Labute approximate surface area is 140 Å². The van der Waals surface area contributed by atoms with Crippen LogP contribution in [0.1, 0.15) is 27.7 Å². The Morgan fingerprint density at radius 1 is 1.36 bits per heavy atom. The van der Waals surface area contributed by atoms with Crippen molar-refractivity contribution < 1.29 is 14.3 Å². The molecule has 0 aromatic heterocycles. The van der Waals surface area contributed by atoms with E-state index in [4.69, 9.17) is 9.47 Å². The van der Waals surface area contributed by atoms with Crippen molar-refractivity contribution in [1.29, 1.82) is 0 Å². The predicted molar refractivity (Wildman–Crippen MR) is 91.3 cm³/mol. The number of hydrogen-bond donors (Lipinski definition) is 0. The largest absolute Gasteiger partial charge is 0.350 e. The summed E-state index contributed by atoms with van der Waals surface area (Å²) < 4.78 is 11.1. The normalized spacial score (nSPS) is 23.3. The molecule has 1 aliphatic rings. The molecule has 2 rings (SSSR count). The van der Waals surface area contributed by atoms with Gasteiger partial charge in [-0.2, -0.15) is 0 Å². The van der Waals surface area contributed by atoms with Gasteiger partial charge in [0.15, 0.2) is 6.29 Å². The summed E-state index contributed by atoms with van der Waals surface area (Å²) in [7, 11) is 0. The van der Waals surface area contributed by atoms with Crippen LogP contribution >= 0.6 is 15.9 Å². The molecular weight excluding hydrogens is 346 g/mol. The van der Waals surface area contributed by atoms with Gasteiger partial charge in [0.1, 0.15) is 6.10 Å². The summed E-state index contributed by atoms with van der Waals surface area (Å²) in [4.78, 5) is 14.5. The number of alkyl halides is 1. The van der Waals surface area contributed by atoms with Gasteiger partial charge < -0.3 is 14.4 Å². The van der Waals surface area contributed by atoms with Crippen molar-refractivity contribution >= 4 is 27.5 Å². The molecule has 0 bridgehead atoms. The zero-order valence-corrected chi connectivity index (χ0v) is 15.2. The highest BCUT2D eigenvalue weighted by Crippen LogP contribution is 2.30. The Hall–Kier alpha value is -0.910. The van der Waals surface area contributed by atoms with Gasteiger partial charge in [-0.15, -0.1) is 0 Å². The molecule has 0 spiro atoms. The van der Waals surface area contributed by atoms with Gasteiger partial charge in [-0.05, 0) is 24.5 Å². The van der Waals surface area contributed by atoms with Gasteiger partial charge >= 0.3 is 0 Å². The van der Waals surface area contributed by atoms with Crippen LogP contribution in [0.2, 0.25) is 0 Å². The maximum Gasteiger partial charge on any atom is 0.241 e. The Morgan fingerprint density at radius 3 is 2.50 bits per heavy atom. The van der Waals surface area contributed by atoms with Crippen LogP contribution in [0.5, 0.6) is 0 Å². The third-order valence-corrected chi connectivity index (χ3v) is 5.36. The fourth-order valence-corrected chi connectivity index (χ4v) is 2.58. The maximum atomic E-state index is 12.9. The molecule has 22 heavy (non-hydrogen) atoms. The van der Waals surface area contributed by atoms with Gasteiger partial charge in [0.05, 0.1) is 18.0 Å². The first-order chi connectivity index (χ1) is 10.3. The molecule has 1 saturated heterocycles. The van der Waals surface area contributed by atoms with Crippen LogP contribution in [-0.4, -0.2) is 36.3 Å². The average Bonchev–Trinajstić information content (AvgIpc) is 2.88. The lowest BCUT2D eigenvalue weighted by molar-refractivity contribution is -0.120. The molecule has 3 atom stereocenters. The van der Waals surface area contributed by atoms with E-state index < -0.39 is 0 Å². The lowest BCUT2D eigenvalue weighted by Gasteiger charge is -2.32. The number of rotatable bonds is 4. The Balaban J connectivity index is 2.20. The second-order valence-electron chi connectivity index (χ2n) is 6.67. The molecule has 3 unspecified atom stereocenters. The van der Waals surface area contributed by atoms with Crippen molar-refractivity contribution in [2.75, 3.05) is 18.1 Å². The van der Waals surface area contributed by atoms with Crippen LogP contribution in [0.15, 0.2) is 30.3 Å². The number of amides is 1. The first-order valence-electron chi connectivity index (χ1n) is 7.56. The van der Waals surface area contributed by atoms with E-state index in [2.05, 4.69) is 15.9 Å². The molecule has 1 aromatic rings. The minimum Gasteiger partial charge on any atom is -0.350 e. The standard InChI is InChI=1S/C17H24BrNO3/c1-12-21-11-14(22-12)10-19(13-8-6-5-7-9-13)16(20)15(18)17(2,3)4/h5-9,12,14-15H,10-11H2,1-4H3. The predicted octanol–water partition coefficient (Wildman–Crippen LogP) is 3.59. The molecule has 1 fully saturated rings. The second kappa shape index (κ2) is 7.11. The monoisotopic (exact) mass is 369 g/mol. The quantitative estimate of drug-likeness (QED) is 0.761. The van der Waals surface area contributed by atoms with Crippen LogP contribution in [0, 0.1) is 5.41 Å². The molecule has 1 aromatic carbocycles. The smallest absolute Gasteiger partial charge is 0.241 e. The van der Waals surface area contributed by atoms with E-state index in [-0.39, 0.29) is 28.5 Å². The fourth-order valence-electron chi connectivity index (χ4n) is 2.33. The van der Waals surface area contributed by atoms with Crippen LogP contribution < -0.4 is 4.90 Å². The SMILES string of the molecule is CC1OCC(CN(C(=O)C(Br)C(C)(C)C)c2ccccc2)O1. The van der Waals surface area contributed by atoms with Crippen LogP contribution in [-0.2, 0) is 14.3 Å². The van der Waals surface area contributed by atoms with Crippen molar-refractivity contribution in [2.45, 2.75) is 44.9 Å².